The molecule has 20 heavy (non-hydrogen) atoms. The lowest BCUT2D eigenvalue weighted by atomic mass is 10.3. The van der Waals surface area contributed by atoms with Gasteiger partial charge in [0, 0.05) is 0 Å². The fourth-order valence-corrected chi connectivity index (χ4v) is 1.62. The number of rotatable bonds is 4. The first kappa shape index (κ1) is 12.1. The van der Waals surface area contributed by atoms with E-state index in [0.717, 1.165) is 0 Å². The highest BCUT2D eigenvalue weighted by Gasteiger charge is 2.12. The predicted octanol–water partition coefficient (Wildman–Crippen LogP) is 0.178. The van der Waals surface area contributed by atoms with Crippen LogP contribution in [0.4, 0.5) is 0 Å². The van der Waals surface area contributed by atoms with E-state index in [0.29, 0.717) is 22.9 Å². The molecule has 3 aromatic heterocycles. The lowest BCUT2D eigenvalue weighted by Gasteiger charge is -1.93. The Morgan fingerprint density at radius 1 is 1.45 bits per heavy atom. The van der Waals surface area contributed by atoms with Crippen molar-refractivity contribution in [1.82, 2.24) is 25.6 Å². The Labute approximate surface area is 112 Å². The summed E-state index contributed by atoms with van der Waals surface area (Å²) >= 11 is 0. The van der Waals surface area contributed by atoms with Gasteiger partial charge in [-0.1, -0.05) is 0 Å². The second kappa shape index (κ2) is 4.97. The molecular formula is C11H10N6O3. The predicted molar refractivity (Wildman–Crippen MR) is 65.0 cm³/mol. The Balaban J connectivity index is 1.75. The number of nitrogens with two attached hydrogens (primary N) is 1. The smallest absolute Gasteiger partial charge is 0.268 e. The van der Waals surface area contributed by atoms with E-state index in [-0.39, 0.29) is 6.54 Å². The standard InChI is InChI=1S/C11H10N6O3/c12-13-11(18)7-4-8(20-6-7)5-17-15-10(14-16-17)9-2-1-3-19-9/h1-4,6H,5,12H2,(H,13,18). The van der Waals surface area contributed by atoms with Crippen LogP contribution in [0.1, 0.15) is 16.1 Å². The van der Waals surface area contributed by atoms with Crippen molar-refractivity contribution in [3.05, 3.63) is 42.0 Å². The molecule has 0 spiro atoms. The Morgan fingerprint density at radius 2 is 2.35 bits per heavy atom. The molecule has 3 N–H and O–H groups in total. The molecule has 0 radical (unpaired) electrons. The van der Waals surface area contributed by atoms with E-state index in [4.69, 9.17) is 14.7 Å². The minimum atomic E-state index is -0.428. The van der Waals surface area contributed by atoms with Gasteiger partial charge in [-0.3, -0.25) is 10.2 Å². The number of nitrogens with one attached hydrogen (secondary N) is 1. The third kappa shape index (κ3) is 2.29. The second-order valence-electron chi connectivity index (χ2n) is 3.90. The van der Waals surface area contributed by atoms with Crippen LogP contribution in [0.15, 0.2) is 39.6 Å². The molecule has 3 rings (SSSR count). The summed E-state index contributed by atoms with van der Waals surface area (Å²) in [4.78, 5) is 12.6. The van der Waals surface area contributed by atoms with Crippen LogP contribution in [0.25, 0.3) is 11.6 Å². The maximum absolute atomic E-state index is 11.3. The van der Waals surface area contributed by atoms with Crippen LogP contribution in [0.5, 0.6) is 0 Å². The Morgan fingerprint density at radius 3 is 3.10 bits per heavy atom. The molecule has 0 saturated heterocycles. The zero-order valence-corrected chi connectivity index (χ0v) is 10.2. The highest BCUT2D eigenvalue weighted by molar-refractivity contribution is 5.93. The molecule has 3 heterocycles. The average molecular weight is 274 g/mol. The number of nitrogens with zero attached hydrogens (tertiary/aromatic N) is 4. The molecule has 0 aliphatic heterocycles. The SMILES string of the molecule is NNC(=O)c1coc(Cn2nnc(-c3ccco3)n2)c1. The van der Waals surface area contributed by atoms with Gasteiger partial charge in [0.1, 0.15) is 18.6 Å². The van der Waals surface area contributed by atoms with E-state index in [9.17, 15) is 4.79 Å². The molecule has 0 aromatic carbocycles. The topological polar surface area (TPSA) is 125 Å². The molecular weight excluding hydrogens is 264 g/mol. The summed E-state index contributed by atoms with van der Waals surface area (Å²) in [6.45, 7) is 0.242. The van der Waals surface area contributed by atoms with Crippen molar-refractivity contribution in [1.29, 1.82) is 0 Å². The van der Waals surface area contributed by atoms with Crippen LogP contribution in [0, 0.1) is 0 Å². The summed E-state index contributed by atoms with van der Waals surface area (Å²) in [5, 5.41) is 11.9. The van der Waals surface area contributed by atoms with Crippen LogP contribution >= 0.6 is 0 Å². The molecule has 9 heteroatoms. The number of aromatic nitrogens is 4. The maximum atomic E-state index is 11.3. The van der Waals surface area contributed by atoms with Gasteiger partial charge in [-0.2, -0.15) is 4.80 Å². The number of hydrazine groups is 1. The minimum Gasteiger partial charge on any atom is -0.466 e. The van der Waals surface area contributed by atoms with Crippen molar-refractivity contribution in [2.45, 2.75) is 6.54 Å². The van der Waals surface area contributed by atoms with E-state index in [1.807, 2.05) is 5.43 Å². The second-order valence-corrected chi connectivity index (χ2v) is 3.90. The van der Waals surface area contributed by atoms with Gasteiger partial charge in [-0.15, -0.1) is 10.2 Å². The van der Waals surface area contributed by atoms with E-state index in [1.165, 1.54) is 17.3 Å². The molecule has 0 bridgehead atoms. The Hall–Kier alpha value is -2.94. The van der Waals surface area contributed by atoms with Gasteiger partial charge in [-0.25, -0.2) is 5.84 Å². The van der Waals surface area contributed by atoms with E-state index in [2.05, 4.69) is 15.4 Å². The lowest BCUT2D eigenvalue weighted by molar-refractivity contribution is 0.0953. The number of carbonyl (C=O) groups excluding carboxylic acids is 1. The molecule has 1 amide bonds. The fraction of sp³-hybridized carbons (Fsp3) is 0.0909. The van der Waals surface area contributed by atoms with Gasteiger partial charge < -0.3 is 8.83 Å². The Bertz CT molecular complexity index is 714. The summed E-state index contributed by atoms with van der Waals surface area (Å²) in [5.74, 6) is 6.01. The highest BCUT2D eigenvalue weighted by atomic mass is 16.3. The molecule has 0 atom stereocenters. The van der Waals surface area contributed by atoms with Crippen LogP contribution in [0.2, 0.25) is 0 Å². The Kier molecular flexibility index (Phi) is 3.01. The van der Waals surface area contributed by atoms with Crippen LogP contribution in [-0.2, 0) is 6.54 Å². The van der Waals surface area contributed by atoms with Crippen molar-refractivity contribution in [2.75, 3.05) is 0 Å². The largest absolute Gasteiger partial charge is 0.466 e. The molecule has 0 saturated carbocycles. The molecule has 102 valence electrons. The van der Waals surface area contributed by atoms with Gasteiger partial charge in [0.2, 0.25) is 5.82 Å². The van der Waals surface area contributed by atoms with Crippen molar-refractivity contribution < 1.29 is 13.6 Å². The number of amides is 1. The lowest BCUT2D eigenvalue weighted by Crippen LogP contribution is -2.29. The first-order valence-corrected chi connectivity index (χ1v) is 5.66. The highest BCUT2D eigenvalue weighted by Crippen LogP contribution is 2.14. The van der Waals surface area contributed by atoms with E-state index >= 15 is 0 Å². The van der Waals surface area contributed by atoms with Crippen LogP contribution in [-0.4, -0.2) is 26.1 Å². The van der Waals surface area contributed by atoms with Gasteiger partial charge >= 0.3 is 0 Å². The third-order valence-electron chi connectivity index (χ3n) is 2.54. The number of furan rings is 2. The average Bonchev–Trinajstić information content (AvgIpc) is 3.19. The van der Waals surface area contributed by atoms with Gasteiger partial charge in [-0.05, 0) is 23.4 Å². The quantitative estimate of drug-likeness (QED) is 0.395. The summed E-state index contributed by atoms with van der Waals surface area (Å²) < 4.78 is 10.4. The number of carbonyl (C=O) groups is 1. The number of tetrazole rings is 1. The molecule has 0 aliphatic rings. The first-order valence-electron chi connectivity index (χ1n) is 5.66. The summed E-state index contributed by atoms with van der Waals surface area (Å²) in [5.41, 5.74) is 2.35. The monoisotopic (exact) mass is 274 g/mol. The number of nitrogen functional groups attached to an aromatic ring is 1. The van der Waals surface area contributed by atoms with Crippen molar-refractivity contribution >= 4 is 5.91 Å². The minimum absolute atomic E-state index is 0.242. The molecule has 0 unspecified atom stereocenters. The molecule has 9 nitrogen and oxygen atoms in total. The number of hydrogen-bond acceptors (Lipinski definition) is 7. The first-order chi connectivity index (χ1) is 9.76. The van der Waals surface area contributed by atoms with Gasteiger partial charge in [0.15, 0.2) is 5.76 Å². The third-order valence-corrected chi connectivity index (χ3v) is 2.54. The fourth-order valence-electron chi connectivity index (χ4n) is 1.62. The van der Waals surface area contributed by atoms with Crippen molar-refractivity contribution in [3.8, 4) is 11.6 Å². The van der Waals surface area contributed by atoms with E-state index in [1.54, 1.807) is 18.2 Å². The summed E-state index contributed by atoms with van der Waals surface area (Å²) in [6, 6.07) is 5.02. The van der Waals surface area contributed by atoms with Gasteiger partial charge in [0.05, 0.1) is 11.8 Å². The van der Waals surface area contributed by atoms with Crippen molar-refractivity contribution in [2.24, 2.45) is 5.84 Å². The molecule has 0 fully saturated rings. The zero-order chi connectivity index (χ0) is 13.9. The zero-order valence-electron chi connectivity index (χ0n) is 10.2. The normalized spacial score (nSPS) is 10.7. The molecule has 0 aliphatic carbocycles. The maximum Gasteiger partial charge on any atom is 0.268 e. The van der Waals surface area contributed by atoms with Crippen LogP contribution < -0.4 is 11.3 Å². The molecule has 3 aromatic rings. The summed E-state index contributed by atoms with van der Waals surface area (Å²) in [6.07, 6.45) is 2.84. The summed E-state index contributed by atoms with van der Waals surface area (Å²) in [7, 11) is 0. The number of hydrogen-bond donors (Lipinski definition) is 2. The van der Waals surface area contributed by atoms with Gasteiger partial charge in [0.25, 0.3) is 5.91 Å². The van der Waals surface area contributed by atoms with Crippen LogP contribution in [0.3, 0.4) is 0 Å². The van der Waals surface area contributed by atoms with Crippen molar-refractivity contribution in [3.63, 3.8) is 0 Å². The van der Waals surface area contributed by atoms with E-state index < -0.39 is 5.91 Å².